The van der Waals surface area contributed by atoms with Gasteiger partial charge in [-0.25, -0.2) is 18.8 Å². The molecule has 1 N–H and O–H groups in total. The average molecular weight is 671 g/mol. The number of morpholine rings is 1. The number of amides is 2. The highest BCUT2D eigenvalue weighted by Gasteiger charge is 2.30. The molecule has 2 aliphatic rings. The standard InChI is InChI=1S/C35H35FN6O5S/c1-21-17-40(18-22(2)47-21)29(43)19-42-30(31(34(45)41-13-12-37-35(41)42)46-20-23-6-4-3-5-7-23)33-38-16-27(48-33)14-24-8-9-25(36)15-28(24)32(44)39-26-10-11-26/h3-9,12-13,15-16,21-22,26H,10-11,14,17-20H2,1-2H3,(H,39,44). The Hall–Kier alpha value is -4.88. The van der Waals surface area contributed by atoms with E-state index in [0.29, 0.717) is 35.8 Å². The summed E-state index contributed by atoms with van der Waals surface area (Å²) in [6.45, 7) is 4.75. The van der Waals surface area contributed by atoms with E-state index in [-0.39, 0.29) is 60.3 Å². The van der Waals surface area contributed by atoms with Gasteiger partial charge in [-0.2, -0.15) is 0 Å². The number of benzene rings is 2. The molecule has 1 saturated carbocycles. The summed E-state index contributed by atoms with van der Waals surface area (Å²) < 4.78 is 29.4. The molecule has 48 heavy (non-hydrogen) atoms. The number of aromatic nitrogens is 4. The number of halogens is 1. The van der Waals surface area contributed by atoms with Gasteiger partial charge in [0.15, 0.2) is 0 Å². The number of carbonyl (C=O) groups excluding carboxylic acids is 2. The number of nitrogens with one attached hydrogen (secondary N) is 1. The van der Waals surface area contributed by atoms with Crippen LogP contribution in [0.2, 0.25) is 0 Å². The Kier molecular flexibility index (Phi) is 8.80. The summed E-state index contributed by atoms with van der Waals surface area (Å²) in [5.74, 6) is -0.643. The van der Waals surface area contributed by atoms with E-state index in [2.05, 4.69) is 10.3 Å². The first kappa shape index (κ1) is 31.7. The highest BCUT2D eigenvalue weighted by Crippen LogP contribution is 2.34. The zero-order chi connectivity index (χ0) is 33.4. The molecule has 0 spiro atoms. The van der Waals surface area contributed by atoms with Gasteiger partial charge >= 0.3 is 5.56 Å². The first-order valence-electron chi connectivity index (χ1n) is 16.0. The number of nitrogens with zero attached hydrogens (tertiary/aromatic N) is 5. The van der Waals surface area contributed by atoms with Crippen LogP contribution in [-0.4, -0.2) is 67.0 Å². The van der Waals surface area contributed by atoms with E-state index in [1.165, 1.54) is 34.1 Å². The van der Waals surface area contributed by atoms with E-state index in [0.717, 1.165) is 23.3 Å². The van der Waals surface area contributed by atoms with Crippen LogP contribution in [0.5, 0.6) is 5.75 Å². The van der Waals surface area contributed by atoms with Crippen molar-refractivity contribution in [2.75, 3.05) is 13.1 Å². The van der Waals surface area contributed by atoms with Crippen molar-refractivity contribution in [3.05, 3.63) is 105 Å². The predicted molar refractivity (Wildman–Crippen MR) is 178 cm³/mol. The van der Waals surface area contributed by atoms with Crippen LogP contribution in [0.1, 0.15) is 53.1 Å². The van der Waals surface area contributed by atoms with Gasteiger partial charge in [0.25, 0.3) is 5.91 Å². The fourth-order valence-corrected chi connectivity index (χ4v) is 7.00. The van der Waals surface area contributed by atoms with E-state index < -0.39 is 11.4 Å². The van der Waals surface area contributed by atoms with E-state index in [1.807, 2.05) is 44.2 Å². The third-order valence-corrected chi connectivity index (χ3v) is 9.41. The van der Waals surface area contributed by atoms with Crippen molar-refractivity contribution in [1.82, 2.24) is 29.2 Å². The third kappa shape index (κ3) is 6.74. The van der Waals surface area contributed by atoms with Crippen LogP contribution in [0, 0.1) is 5.82 Å². The van der Waals surface area contributed by atoms with Gasteiger partial charge in [0.05, 0.1) is 12.2 Å². The fourth-order valence-electron chi connectivity index (χ4n) is 6.02. The molecule has 0 radical (unpaired) electrons. The Morgan fingerprint density at radius 1 is 1.08 bits per heavy atom. The number of thiazole rings is 1. The molecular weight excluding hydrogens is 635 g/mol. The maximum atomic E-state index is 14.2. The molecule has 2 fully saturated rings. The molecule has 1 aliphatic heterocycles. The van der Waals surface area contributed by atoms with Gasteiger partial charge in [-0.15, -0.1) is 11.3 Å². The molecule has 2 amide bonds. The summed E-state index contributed by atoms with van der Waals surface area (Å²) in [6.07, 6.45) is 6.63. The van der Waals surface area contributed by atoms with Crippen LogP contribution >= 0.6 is 11.3 Å². The maximum absolute atomic E-state index is 14.2. The van der Waals surface area contributed by atoms with Gasteiger partial charge in [0, 0.05) is 54.6 Å². The highest BCUT2D eigenvalue weighted by molar-refractivity contribution is 7.15. The summed E-state index contributed by atoms with van der Waals surface area (Å²) in [5, 5.41) is 3.39. The highest BCUT2D eigenvalue weighted by atomic mass is 32.1. The summed E-state index contributed by atoms with van der Waals surface area (Å²) in [7, 11) is 0. The van der Waals surface area contributed by atoms with Crippen molar-refractivity contribution in [1.29, 1.82) is 0 Å². The van der Waals surface area contributed by atoms with Crippen molar-refractivity contribution >= 4 is 28.9 Å². The molecule has 5 aromatic rings. The van der Waals surface area contributed by atoms with Gasteiger partial charge in [-0.3, -0.25) is 19.0 Å². The lowest BCUT2D eigenvalue weighted by Gasteiger charge is -2.35. The van der Waals surface area contributed by atoms with Crippen molar-refractivity contribution < 1.29 is 23.5 Å². The van der Waals surface area contributed by atoms with Crippen LogP contribution < -0.4 is 15.6 Å². The lowest BCUT2D eigenvalue weighted by atomic mass is 10.0. The predicted octanol–water partition coefficient (Wildman–Crippen LogP) is 4.46. The molecule has 3 aromatic heterocycles. The molecule has 1 aliphatic carbocycles. The first-order valence-corrected chi connectivity index (χ1v) is 16.8. The molecule has 13 heteroatoms. The lowest BCUT2D eigenvalue weighted by Crippen LogP contribution is -2.49. The van der Waals surface area contributed by atoms with Gasteiger partial charge in [-0.05, 0) is 49.9 Å². The third-order valence-electron chi connectivity index (χ3n) is 8.40. The Morgan fingerprint density at radius 3 is 2.60 bits per heavy atom. The van der Waals surface area contributed by atoms with Crippen LogP contribution in [0.4, 0.5) is 4.39 Å². The van der Waals surface area contributed by atoms with Crippen LogP contribution in [0.25, 0.3) is 16.5 Å². The molecule has 11 nitrogen and oxygen atoms in total. The van der Waals surface area contributed by atoms with Crippen LogP contribution in [0.15, 0.2) is 71.9 Å². The molecule has 2 atom stereocenters. The van der Waals surface area contributed by atoms with Crippen molar-refractivity contribution in [2.45, 2.75) is 64.5 Å². The molecule has 1 saturated heterocycles. The second-order valence-electron chi connectivity index (χ2n) is 12.4. The minimum absolute atomic E-state index is 0.0352. The van der Waals surface area contributed by atoms with Gasteiger partial charge in [0.2, 0.25) is 17.4 Å². The SMILES string of the molecule is CC1CN(C(=O)Cn2c(-c3ncc(Cc4ccc(F)cc4C(=O)NC4CC4)s3)c(OCc3ccccc3)c(=O)n3ccnc23)CC(C)O1. The summed E-state index contributed by atoms with van der Waals surface area (Å²) in [6, 6.07) is 13.8. The van der Waals surface area contributed by atoms with Crippen LogP contribution in [0.3, 0.4) is 0 Å². The molecular formula is C35H35FN6O5S. The minimum Gasteiger partial charge on any atom is -0.481 e. The topological polar surface area (TPSA) is 120 Å². The normalized spacial score (nSPS) is 17.9. The first-order chi connectivity index (χ1) is 23.2. The number of hydrogen-bond donors (Lipinski definition) is 1. The van der Waals surface area contributed by atoms with Crippen molar-refractivity contribution in [3.63, 3.8) is 0 Å². The number of rotatable bonds is 10. The lowest BCUT2D eigenvalue weighted by molar-refractivity contribution is -0.143. The molecule has 2 unspecified atom stereocenters. The number of imidazole rings is 1. The molecule has 248 valence electrons. The van der Waals surface area contributed by atoms with E-state index >= 15 is 0 Å². The Morgan fingerprint density at radius 2 is 1.85 bits per heavy atom. The Labute approximate surface area is 280 Å². The molecule has 4 heterocycles. The molecule has 2 aromatic carbocycles. The van der Waals surface area contributed by atoms with E-state index in [1.54, 1.807) is 27.9 Å². The molecule has 7 rings (SSSR count). The van der Waals surface area contributed by atoms with Gasteiger partial charge in [0.1, 0.15) is 29.7 Å². The zero-order valence-electron chi connectivity index (χ0n) is 26.6. The number of fused-ring (bicyclic) bond motifs is 1. The Bertz CT molecular complexity index is 2030. The zero-order valence-corrected chi connectivity index (χ0v) is 27.4. The summed E-state index contributed by atoms with van der Waals surface area (Å²) >= 11 is 1.31. The number of hydrogen-bond acceptors (Lipinski definition) is 8. The average Bonchev–Trinajstić information content (AvgIpc) is 3.53. The van der Waals surface area contributed by atoms with Gasteiger partial charge in [-0.1, -0.05) is 36.4 Å². The van der Waals surface area contributed by atoms with E-state index in [9.17, 15) is 18.8 Å². The van der Waals surface area contributed by atoms with Crippen LogP contribution in [-0.2, 0) is 29.1 Å². The fraction of sp³-hybridized carbons (Fsp3) is 0.343. The summed E-state index contributed by atoms with van der Waals surface area (Å²) in [4.78, 5) is 52.5. The smallest absolute Gasteiger partial charge is 0.302 e. The van der Waals surface area contributed by atoms with Crippen molar-refractivity contribution in [3.8, 4) is 16.5 Å². The second-order valence-corrected chi connectivity index (χ2v) is 13.5. The number of carbonyl (C=O) groups is 2. The molecule has 0 bridgehead atoms. The van der Waals surface area contributed by atoms with E-state index in [4.69, 9.17) is 14.5 Å². The maximum Gasteiger partial charge on any atom is 0.302 e. The minimum atomic E-state index is -0.490. The quantitative estimate of drug-likeness (QED) is 0.233. The Balaban J connectivity index is 1.29. The van der Waals surface area contributed by atoms with Gasteiger partial charge < -0.3 is 19.7 Å². The summed E-state index contributed by atoms with van der Waals surface area (Å²) in [5.41, 5.74) is 1.69. The van der Waals surface area contributed by atoms with Crippen molar-refractivity contribution in [2.24, 2.45) is 0 Å². The number of ether oxygens (including phenoxy) is 2. The second kappa shape index (κ2) is 13.3. The largest absolute Gasteiger partial charge is 0.481 e. The monoisotopic (exact) mass is 670 g/mol.